The van der Waals surface area contributed by atoms with Crippen LogP contribution in [0, 0.1) is 18.3 Å². The summed E-state index contributed by atoms with van der Waals surface area (Å²) in [7, 11) is -4.12. The third kappa shape index (κ3) is 5.58. The van der Waals surface area contributed by atoms with Gasteiger partial charge in [0.2, 0.25) is 5.88 Å². The first-order valence-corrected chi connectivity index (χ1v) is 14.0. The van der Waals surface area contributed by atoms with E-state index in [1.165, 1.54) is 41.2 Å². The zero-order valence-electron chi connectivity index (χ0n) is 21.4. The van der Waals surface area contributed by atoms with Crippen LogP contribution in [0.25, 0.3) is 5.82 Å². The van der Waals surface area contributed by atoms with Gasteiger partial charge in [0.25, 0.3) is 15.9 Å². The Balaban J connectivity index is 1.40. The molecular weight excluding hydrogens is 535 g/mol. The monoisotopic (exact) mass is 563 g/mol. The van der Waals surface area contributed by atoms with E-state index in [2.05, 4.69) is 21.7 Å². The van der Waals surface area contributed by atoms with E-state index in [0.29, 0.717) is 30.6 Å². The third-order valence-corrected chi connectivity index (χ3v) is 8.43. The average Bonchev–Trinajstić information content (AvgIpc) is 3.33. The number of aromatic nitrogens is 3. The summed E-state index contributed by atoms with van der Waals surface area (Å²) in [4.78, 5) is 19.7. The molecule has 3 heterocycles. The number of hydrogen-bond donors (Lipinski definition) is 1. The molecule has 0 spiro atoms. The number of nitrogens with one attached hydrogen (secondary N) is 1. The zero-order chi connectivity index (χ0) is 28.0. The van der Waals surface area contributed by atoms with E-state index in [4.69, 9.17) is 4.74 Å². The van der Waals surface area contributed by atoms with Gasteiger partial charge in [-0.2, -0.15) is 13.2 Å². The Hall–Kier alpha value is -3.61. The molecule has 2 aliphatic rings. The Morgan fingerprint density at radius 3 is 2.62 bits per heavy atom. The number of alkyl halides is 3. The van der Waals surface area contributed by atoms with Gasteiger partial charge in [-0.3, -0.25) is 4.79 Å². The normalized spacial score (nSPS) is 18.7. The van der Waals surface area contributed by atoms with Crippen molar-refractivity contribution in [2.75, 3.05) is 24.6 Å². The maximum absolute atomic E-state index is 13.2. The van der Waals surface area contributed by atoms with Crippen LogP contribution in [0.3, 0.4) is 0 Å². The second-order valence-electron chi connectivity index (χ2n) is 10.3. The first-order chi connectivity index (χ1) is 18.4. The van der Waals surface area contributed by atoms with Crippen molar-refractivity contribution in [3.05, 3.63) is 59.8 Å². The fraction of sp³-hybridized carbons (Fsp3) is 0.423. The summed E-state index contributed by atoms with van der Waals surface area (Å²) in [5.74, 6) is 0.136. The topological polar surface area (TPSA) is 106 Å². The highest BCUT2D eigenvalue weighted by atomic mass is 32.2. The van der Waals surface area contributed by atoms with Gasteiger partial charge in [0.05, 0.1) is 10.5 Å². The van der Waals surface area contributed by atoms with Crippen molar-refractivity contribution in [2.24, 2.45) is 11.3 Å². The lowest BCUT2D eigenvalue weighted by molar-refractivity contribution is -0.194. The van der Waals surface area contributed by atoms with E-state index >= 15 is 0 Å². The molecule has 1 aliphatic heterocycles. The SMILES string of the molecule is Cc1cccc(S(=O)(=O)NC(=O)c2ccc(-n3ccc(OCC4(C(F)(F)F)CC4)n3)nc2N2CC[C@H](C)C2)c1. The van der Waals surface area contributed by atoms with Crippen LogP contribution in [0.5, 0.6) is 5.88 Å². The lowest BCUT2D eigenvalue weighted by atomic mass is 10.1. The van der Waals surface area contributed by atoms with E-state index in [-0.39, 0.29) is 29.2 Å². The van der Waals surface area contributed by atoms with Crippen molar-refractivity contribution >= 4 is 21.7 Å². The van der Waals surface area contributed by atoms with E-state index in [0.717, 1.165) is 12.0 Å². The third-order valence-electron chi connectivity index (χ3n) is 7.11. The number of aryl methyl sites for hydroxylation is 1. The summed E-state index contributed by atoms with van der Waals surface area (Å²) in [5, 5.41) is 4.21. The molecule has 1 aliphatic carbocycles. The van der Waals surface area contributed by atoms with Crippen LogP contribution >= 0.6 is 0 Å². The minimum absolute atomic E-state index is 0.0229. The predicted octanol–water partition coefficient (Wildman–Crippen LogP) is 4.26. The van der Waals surface area contributed by atoms with Gasteiger partial charge < -0.3 is 9.64 Å². The van der Waals surface area contributed by atoms with Gasteiger partial charge in [0.15, 0.2) is 5.82 Å². The fourth-order valence-corrected chi connectivity index (χ4v) is 5.59. The van der Waals surface area contributed by atoms with Gasteiger partial charge in [-0.05, 0) is 61.9 Å². The van der Waals surface area contributed by atoms with Crippen LogP contribution in [0.4, 0.5) is 19.0 Å². The summed E-state index contributed by atoms with van der Waals surface area (Å²) >= 11 is 0. The Labute approximate surface area is 224 Å². The number of hydrogen-bond acceptors (Lipinski definition) is 7. The van der Waals surface area contributed by atoms with Crippen molar-refractivity contribution in [3.8, 4) is 11.7 Å². The highest BCUT2D eigenvalue weighted by molar-refractivity contribution is 7.90. The Kier molecular flexibility index (Phi) is 6.81. The minimum Gasteiger partial charge on any atom is -0.476 e. The van der Waals surface area contributed by atoms with Crippen LogP contribution in [0.15, 0.2) is 53.6 Å². The number of carbonyl (C=O) groups is 1. The molecule has 1 amide bonds. The molecule has 1 atom stereocenters. The zero-order valence-corrected chi connectivity index (χ0v) is 22.2. The first kappa shape index (κ1) is 27.0. The maximum Gasteiger partial charge on any atom is 0.397 e. The highest BCUT2D eigenvalue weighted by Gasteiger charge is 2.64. The molecule has 9 nitrogen and oxygen atoms in total. The van der Waals surface area contributed by atoms with Crippen molar-refractivity contribution < 1.29 is 31.1 Å². The molecule has 2 aromatic heterocycles. The molecule has 2 fully saturated rings. The van der Waals surface area contributed by atoms with Gasteiger partial charge >= 0.3 is 6.18 Å². The summed E-state index contributed by atoms with van der Waals surface area (Å²) in [6.07, 6.45) is -1.90. The number of anilines is 1. The molecule has 1 saturated heterocycles. The van der Waals surface area contributed by atoms with Crippen LogP contribution in [-0.4, -0.2) is 55.0 Å². The molecule has 3 aromatic rings. The molecule has 1 saturated carbocycles. The minimum atomic E-state index is -4.33. The van der Waals surface area contributed by atoms with E-state index < -0.39 is 34.1 Å². The van der Waals surface area contributed by atoms with Crippen LogP contribution < -0.4 is 14.4 Å². The molecule has 5 rings (SSSR count). The van der Waals surface area contributed by atoms with Crippen molar-refractivity contribution in [1.29, 1.82) is 0 Å². The number of amides is 1. The summed E-state index contributed by atoms with van der Waals surface area (Å²) in [6.45, 7) is 4.55. The van der Waals surface area contributed by atoms with E-state index in [1.807, 2.05) is 4.90 Å². The number of sulfonamides is 1. The molecule has 39 heavy (non-hydrogen) atoms. The molecule has 0 unspecified atom stereocenters. The van der Waals surface area contributed by atoms with Gasteiger partial charge in [-0.15, -0.1) is 5.10 Å². The predicted molar refractivity (Wildman–Crippen MR) is 136 cm³/mol. The molecular formula is C26H28F3N5O4S. The molecule has 13 heteroatoms. The number of halogens is 3. The summed E-state index contributed by atoms with van der Waals surface area (Å²) < 4.78 is 74.2. The second kappa shape index (κ2) is 9.85. The average molecular weight is 564 g/mol. The lowest BCUT2D eigenvalue weighted by Crippen LogP contribution is -2.33. The highest BCUT2D eigenvalue weighted by Crippen LogP contribution is 2.57. The van der Waals surface area contributed by atoms with Crippen molar-refractivity contribution in [2.45, 2.75) is 44.2 Å². The first-order valence-electron chi connectivity index (χ1n) is 12.5. The molecule has 1 aromatic carbocycles. The molecule has 0 bridgehead atoms. The van der Waals surface area contributed by atoms with Gasteiger partial charge in [0, 0.05) is 25.4 Å². The van der Waals surface area contributed by atoms with Gasteiger partial charge in [-0.25, -0.2) is 22.8 Å². The van der Waals surface area contributed by atoms with Crippen molar-refractivity contribution in [1.82, 2.24) is 19.5 Å². The maximum atomic E-state index is 13.2. The number of benzene rings is 1. The smallest absolute Gasteiger partial charge is 0.397 e. The Bertz CT molecular complexity index is 1500. The standard InChI is InChI=1S/C26H28F3N5O4S/c1-17-4-3-5-19(14-17)39(36,37)32-24(35)20-6-7-21(30-23(20)33-12-8-18(2)15-33)34-13-9-22(31-34)38-16-25(10-11-25)26(27,28)29/h3-7,9,13-14,18H,8,10-12,15-16H2,1-2H3,(H,32,35)/t18-/m0/s1. The number of carbonyl (C=O) groups excluding carboxylic acids is 1. The number of ether oxygens (including phenoxy) is 1. The molecule has 208 valence electrons. The van der Waals surface area contributed by atoms with Gasteiger partial charge in [-0.1, -0.05) is 19.1 Å². The molecule has 1 N–H and O–H groups in total. The van der Waals surface area contributed by atoms with Crippen LogP contribution in [0.2, 0.25) is 0 Å². The second-order valence-corrected chi connectivity index (χ2v) is 12.0. The van der Waals surface area contributed by atoms with Crippen molar-refractivity contribution in [3.63, 3.8) is 0 Å². The number of rotatable bonds is 8. The van der Waals surface area contributed by atoms with Gasteiger partial charge in [0.1, 0.15) is 17.8 Å². The summed E-state index contributed by atoms with van der Waals surface area (Å²) in [5.41, 5.74) is -1.01. The number of nitrogens with zero attached hydrogens (tertiary/aromatic N) is 4. The Morgan fingerprint density at radius 2 is 1.97 bits per heavy atom. The number of pyridine rings is 1. The molecule has 0 radical (unpaired) electrons. The van der Waals surface area contributed by atoms with E-state index in [1.54, 1.807) is 19.1 Å². The largest absolute Gasteiger partial charge is 0.476 e. The lowest BCUT2D eigenvalue weighted by Gasteiger charge is -2.21. The summed E-state index contributed by atoms with van der Waals surface area (Å²) in [6, 6.07) is 10.6. The Morgan fingerprint density at radius 1 is 1.21 bits per heavy atom. The van der Waals surface area contributed by atoms with E-state index in [9.17, 15) is 26.4 Å². The quantitative estimate of drug-likeness (QED) is 0.437. The fourth-order valence-electron chi connectivity index (χ4n) is 4.51. The van der Waals surface area contributed by atoms with Crippen LogP contribution in [-0.2, 0) is 10.0 Å². The van der Waals surface area contributed by atoms with Crippen LogP contribution in [0.1, 0.15) is 42.1 Å².